The average molecular weight is 216 g/mol. The molecule has 0 saturated carbocycles. The van der Waals surface area contributed by atoms with E-state index >= 15 is 0 Å². The van der Waals surface area contributed by atoms with Crippen molar-refractivity contribution in [1.29, 1.82) is 0 Å². The van der Waals surface area contributed by atoms with Gasteiger partial charge < -0.3 is 10.3 Å². The van der Waals surface area contributed by atoms with Crippen molar-refractivity contribution in [1.82, 2.24) is 5.16 Å². The standard InChI is InChI=1S/C13H16N2O/c1-9-3-4-11(7-10(9)2)13-12(5-6-14)8-15-16-13/h3-4,7-8H,5-6,14H2,1-2H3. The summed E-state index contributed by atoms with van der Waals surface area (Å²) in [5, 5.41) is 3.84. The maximum absolute atomic E-state index is 5.55. The molecular formula is C13H16N2O. The van der Waals surface area contributed by atoms with E-state index in [0.717, 1.165) is 23.3 Å². The first-order valence-electron chi connectivity index (χ1n) is 5.43. The maximum atomic E-state index is 5.55. The predicted molar refractivity (Wildman–Crippen MR) is 64.2 cm³/mol. The van der Waals surface area contributed by atoms with Crippen LogP contribution in [0.5, 0.6) is 0 Å². The number of benzene rings is 1. The van der Waals surface area contributed by atoms with Gasteiger partial charge in [-0.1, -0.05) is 17.3 Å². The fourth-order valence-electron chi connectivity index (χ4n) is 1.71. The van der Waals surface area contributed by atoms with Gasteiger partial charge in [0.1, 0.15) is 0 Å². The molecule has 0 atom stereocenters. The summed E-state index contributed by atoms with van der Waals surface area (Å²) in [4.78, 5) is 0. The van der Waals surface area contributed by atoms with E-state index in [-0.39, 0.29) is 0 Å². The minimum absolute atomic E-state index is 0.610. The van der Waals surface area contributed by atoms with Crippen LogP contribution in [0.25, 0.3) is 11.3 Å². The van der Waals surface area contributed by atoms with Crippen molar-refractivity contribution < 1.29 is 4.52 Å². The van der Waals surface area contributed by atoms with E-state index in [2.05, 4.69) is 37.2 Å². The SMILES string of the molecule is Cc1ccc(-c2oncc2CCN)cc1C. The Morgan fingerprint density at radius 1 is 1.25 bits per heavy atom. The molecule has 0 aliphatic rings. The van der Waals surface area contributed by atoms with Crippen LogP contribution in [0.2, 0.25) is 0 Å². The summed E-state index contributed by atoms with van der Waals surface area (Å²) < 4.78 is 5.29. The normalized spacial score (nSPS) is 10.7. The van der Waals surface area contributed by atoms with Crippen molar-refractivity contribution in [2.45, 2.75) is 20.3 Å². The van der Waals surface area contributed by atoms with Crippen molar-refractivity contribution >= 4 is 0 Å². The number of aromatic nitrogens is 1. The predicted octanol–water partition coefficient (Wildman–Crippen LogP) is 2.46. The Balaban J connectivity index is 2.42. The largest absolute Gasteiger partial charge is 0.356 e. The van der Waals surface area contributed by atoms with Crippen molar-refractivity contribution in [2.75, 3.05) is 6.54 Å². The number of hydrogen-bond acceptors (Lipinski definition) is 3. The third kappa shape index (κ3) is 1.99. The molecule has 84 valence electrons. The molecule has 1 aromatic heterocycles. The molecule has 1 heterocycles. The number of rotatable bonds is 3. The highest BCUT2D eigenvalue weighted by Crippen LogP contribution is 2.25. The zero-order valence-corrected chi connectivity index (χ0v) is 9.66. The van der Waals surface area contributed by atoms with Gasteiger partial charge in [-0.2, -0.15) is 0 Å². The summed E-state index contributed by atoms with van der Waals surface area (Å²) in [6.07, 6.45) is 2.54. The van der Waals surface area contributed by atoms with Gasteiger partial charge in [-0.3, -0.25) is 0 Å². The second-order valence-corrected chi connectivity index (χ2v) is 4.02. The molecule has 2 N–H and O–H groups in total. The Labute approximate surface area is 95.3 Å². The molecule has 0 fully saturated rings. The van der Waals surface area contributed by atoms with Gasteiger partial charge in [-0.15, -0.1) is 0 Å². The molecule has 0 spiro atoms. The molecule has 0 amide bonds. The van der Waals surface area contributed by atoms with E-state index in [1.54, 1.807) is 6.20 Å². The Bertz CT molecular complexity index is 488. The summed E-state index contributed by atoms with van der Waals surface area (Å²) in [5.74, 6) is 0.841. The van der Waals surface area contributed by atoms with Crippen molar-refractivity contribution in [3.05, 3.63) is 41.1 Å². The summed E-state index contributed by atoms with van der Waals surface area (Å²) in [7, 11) is 0. The van der Waals surface area contributed by atoms with Crippen molar-refractivity contribution in [3.8, 4) is 11.3 Å². The topological polar surface area (TPSA) is 52.0 Å². The van der Waals surface area contributed by atoms with Crippen LogP contribution in [0, 0.1) is 13.8 Å². The van der Waals surface area contributed by atoms with Crippen molar-refractivity contribution in [3.63, 3.8) is 0 Å². The molecule has 0 radical (unpaired) electrons. The number of nitrogens with two attached hydrogens (primary N) is 1. The van der Waals surface area contributed by atoms with Gasteiger partial charge in [0, 0.05) is 11.1 Å². The molecule has 1 aromatic carbocycles. The first kappa shape index (κ1) is 10.9. The van der Waals surface area contributed by atoms with Crippen LogP contribution >= 0.6 is 0 Å². The monoisotopic (exact) mass is 216 g/mol. The van der Waals surface area contributed by atoms with Crippen LogP contribution in [-0.4, -0.2) is 11.7 Å². The van der Waals surface area contributed by atoms with Crippen LogP contribution < -0.4 is 5.73 Å². The quantitative estimate of drug-likeness (QED) is 0.857. The lowest BCUT2D eigenvalue weighted by molar-refractivity contribution is 0.431. The molecule has 2 rings (SSSR count). The second kappa shape index (κ2) is 4.49. The number of aryl methyl sites for hydroxylation is 2. The van der Waals surface area contributed by atoms with Gasteiger partial charge in [-0.25, -0.2) is 0 Å². The van der Waals surface area contributed by atoms with Crippen LogP contribution in [0.15, 0.2) is 28.9 Å². The Morgan fingerprint density at radius 2 is 2.06 bits per heavy atom. The average Bonchev–Trinajstić information content (AvgIpc) is 2.71. The van der Waals surface area contributed by atoms with Crippen molar-refractivity contribution in [2.24, 2.45) is 5.73 Å². The maximum Gasteiger partial charge on any atom is 0.170 e. The number of nitrogens with zero attached hydrogens (tertiary/aromatic N) is 1. The molecular weight excluding hydrogens is 200 g/mol. The van der Waals surface area contributed by atoms with Gasteiger partial charge in [0.2, 0.25) is 0 Å². The lowest BCUT2D eigenvalue weighted by atomic mass is 10.0. The Hall–Kier alpha value is -1.61. The van der Waals surface area contributed by atoms with Crippen LogP contribution in [-0.2, 0) is 6.42 Å². The zero-order chi connectivity index (χ0) is 11.5. The zero-order valence-electron chi connectivity index (χ0n) is 9.66. The smallest absolute Gasteiger partial charge is 0.170 e. The molecule has 3 nitrogen and oxygen atoms in total. The first-order chi connectivity index (χ1) is 7.72. The molecule has 2 aromatic rings. The van der Waals surface area contributed by atoms with Crippen LogP contribution in [0.4, 0.5) is 0 Å². The highest BCUT2D eigenvalue weighted by Gasteiger charge is 2.10. The van der Waals surface area contributed by atoms with E-state index in [9.17, 15) is 0 Å². The molecule has 16 heavy (non-hydrogen) atoms. The lowest BCUT2D eigenvalue weighted by Gasteiger charge is -2.03. The van der Waals surface area contributed by atoms with Crippen LogP contribution in [0.1, 0.15) is 16.7 Å². The van der Waals surface area contributed by atoms with E-state index < -0.39 is 0 Å². The van der Waals surface area contributed by atoms with Gasteiger partial charge in [0.15, 0.2) is 5.76 Å². The minimum Gasteiger partial charge on any atom is -0.356 e. The van der Waals surface area contributed by atoms with E-state index in [1.165, 1.54) is 11.1 Å². The fraction of sp³-hybridized carbons (Fsp3) is 0.308. The van der Waals surface area contributed by atoms with Crippen LogP contribution in [0.3, 0.4) is 0 Å². The summed E-state index contributed by atoms with van der Waals surface area (Å²) in [6, 6.07) is 6.28. The van der Waals surface area contributed by atoms with E-state index in [0.29, 0.717) is 6.54 Å². The molecule has 3 heteroatoms. The van der Waals surface area contributed by atoms with Gasteiger partial charge >= 0.3 is 0 Å². The molecule has 0 saturated heterocycles. The molecule has 0 aliphatic heterocycles. The Kier molecular flexibility index (Phi) is 3.06. The molecule has 0 bridgehead atoms. The van der Waals surface area contributed by atoms with Gasteiger partial charge in [-0.05, 0) is 44.0 Å². The Morgan fingerprint density at radius 3 is 2.75 bits per heavy atom. The lowest BCUT2D eigenvalue weighted by Crippen LogP contribution is -2.02. The fourth-order valence-corrected chi connectivity index (χ4v) is 1.71. The van der Waals surface area contributed by atoms with E-state index in [1.807, 2.05) is 0 Å². The highest BCUT2D eigenvalue weighted by atomic mass is 16.5. The summed E-state index contributed by atoms with van der Waals surface area (Å²) in [5.41, 5.74) is 10.2. The molecule has 0 aliphatic carbocycles. The third-order valence-corrected chi connectivity index (χ3v) is 2.83. The minimum atomic E-state index is 0.610. The van der Waals surface area contributed by atoms with E-state index in [4.69, 9.17) is 10.3 Å². The van der Waals surface area contributed by atoms with Gasteiger partial charge in [0.05, 0.1) is 6.20 Å². The molecule has 0 unspecified atom stereocenters. The summed E-state index contributed by atoms with van der Waals surface area (Å²) in [6.45, 7) is 4.80. The summed E-state index contributed by atoms with van der Waals surface area (Å²) >= 11 is 0. The van der Waals surface area contributed by atoms with Gasteiger partial charge in [0.25, 0.3) is 0 Å². The second-order valence-electron chi connectivity index (χ2n) is 4.02. The highest BCUT2D eigenvalue weighted by molar-refractivity contribution is 5.62. The first-order valence-corrected chi connectivity index (χ1v) is 5.43. The third-order valence-electron chi connectivity index (χ3n) is 2.83. The number of hydrogen-bond donors (Lipinski definition) is 1.